The fourth-order valence-electron chi connectivity index (χ4n) is 3.38. The van der Waals surface area contributed by atoms with Crippen molar-refractivity contribution in [1.29, 1.82) is 0 Å². The van der Waals surface area contributed by atoms with E-state index in [0.717, 1.165) is 17.8 Å². The summed E-state index contributed by atoms with van der Waals surface area (Å²) in [6.45, 7) is 11.9. The molecule has 0 aliphatic heterocycles. The Labute approximate surface area is 160 Å². The van der Waals surface area contributed by atoms with Gasteiger partial charge in [0.05, 0.1) is 11.3 Å². The minimum absolute atomic E-state index is 0.0854. The lowest BCUT2D eigenvalue weighted by atomic mass is 9.82. The van der Waals surface area contributed by atoms with Crippen LogP contribution in [0.25, 0.3) is 5.69 Å². The summed E-state index contributed by atoms with van der Waals surface area (Å²) in [5.74, 6) is -0.830. The highest BCUT2D eigenvalue weighted by Crippen LogP contribution is 2.26. The number of nitrogens with zero attached hydrogens (tertiary/aromatic N) is 2. The molecule has 146 valence electrons. The van der Waals surface area contributed by atoms with E-state index in [2.05, 4.69) is 31.2 Å². The Morgan fingerprint density at radius 1 is 1.07 bits per heavy atom. The minimum Gasteiger partial charge on any atom is -0.452 e. The zero-order valence-corrected chi connectivity index (χ0v) is 17.0. The van der Waals surface area contributed by atoms with Crippen LogP contribution in [0.2, 0.25) is 0 Å². The average Bonchev–Trinajstić information content (AvgIpc) is 2.96. The monoisotopic (exact) mass is 371 g/mol. The van der Waals surface area contributed by atoms with Crippen molar-refractivity contribution >= 4 is 11.9 Å². The van der Waals surface area contributed by atoms with Crippen LogP contribution in [0.1, 0.15) is 57.1 Å². The number of carbonyl (C=O) groups is 2. The highest BCUT2D eigenvalue weighted by atomic mass is 16.5. The average molecular weight is 371 g/mol. The predicted octanol–water partition coefficient (Wildman–Crippen LogP) is 3.67. The molecule has 0 unspecified atom stereocenters. The van der Waals surface area contributed by atoms with E-state index in [1.807, 2.05) is 26.8 Å². The molecule has 2 aromatic rings. The van der Waals surface area contributed by atoms with Crippen LogP contribution in [0, 0.1) is 12.3 Å². The van der Waals surface area contributed by atoms with Gasteiger partial charge in [-0.25, -0.2) is 9.48 Å². The third-order valence-electron chi connectivity index (χ3n) is 3.96. The molecule has 0 fully saturated rings. The molecule has 1 N–H and O–H groups in total. The van der Waals surface area contributed by atoms with Crippen molar-refractivity contribution in [3.05, 3.63) is 47.8 Å². The Bertz CT molecular complexity index is 799. The van der Waals surface area contributed by atoms with Crippen LogP contribution in [0.15, 0.2) is 36.5 Å². The third-order valence-corrected chi connectivity index (χ3v) is 3.96. The van der Waals surface area contributed by atoms with Crippen molar-refractivity contribution < 1.29 is 14.3 Å². The zero-order chi connectivity index (χ0) is 20.2. The van der Waals surface area contributed by atoms with Crippen molar-refractivity contribution in [2.45, 2.75) is 53.5 Å². The van der Waals surface area contributed by atoms with E-state index < -0.39 is 5.97 Å². The summed E-state index contributed by atoms with van der Waals surface area (Å²) in [5, 5.41) is 7.15. The SMILES string of the molecule is Cc1ccnn1-c1ccc(C(=O)OCC(=O)NC(C)(C)CC(C)(C)C)cc1. The van der Waals surface area contributed by atoms with Crippen LogP contribution in [-0.4, -0.2) is 33.8 Å². The lowest BCUT2D eigenvalue weighted by Gasteiger charge is -2.33. The molecule has 0 aliphatic carbocycles. The fourth-order valence-corrected chi connectivity index (χ4v) is 3.38. The Morgan fingerprint density at radius 2 is 1.70 bits per heavy atom. The van der Waals surface area contributed by atoms with Crippen molar-refractivity contribution in [1.82, 2.24) is 15.1 Å². The second-order valence-electron chi connectivity index (χ2n) is 8.68. The Hall–Kier alpha value is -2.63. The third kappa shape index (κ3) is 6.24. The van der Waals surface area contributed by atoms with Gasteiger partial charge in [0.15, 0.2) is 6.61 Å². The predicted molar refractivity (Wildman–Crippen MR) is 105 cm³/mol. The van der Waals surface area contributed by atoms with E-state index in [0.29, 0.717) is 5.56 Å². The first kappa shape index (κ1) is 20.7. The van der Waals surface area contributed by atoms with Gasteiger partial charge in [-0.05, 0) is 62.9 Å². The summed E-state index contributed by atoms with van der Waals surface area (Å²) in [7, 11) is 0. The lowest BCUT2D eigenvalue weighted by molar-refractivity contribution is -0.126. The van der Waals surface area contributed by atoms with Crippen LogP contribution < -0.4 is 5.32 Å². The number of rotatable bonds is 6. The maximum Gasteiger partial charge on any atom is 0.338 e. The van der Waals surface area contributed by atoms with E-state index in [1.165, 1.54) is 0 Å². The van der Waals surface area contributed by atoms with Crippen LogP contribution in [0.5, 0.6) is 0 Å². The molecule has 6 nitrogen and oxygen atoms in total. The van der Waals surface area contributed by atoms with Crippen LogP contribution in [0.3, 0.4) is 0 Å². The van der Waals surface area contributed by atoms with Gasteiger partial charge < -0.3 is 10.1 Å². The number of benzene rings is 1. The Kier molecular flexibility index (Phi) is 6.08. The smallest absolute Gasteiger partial charge is 0.338 e. The molecule has 2 rings (SSSR count). The maximum absolute atomic E-state index is 12.2. The summed E-state index contributed by atoms with van der Waals surface area (Å²) in [5.41, 5.74) is 1.97. The molecule has 0 saturated carbocycles. The molecule has 27 heavy (non-hydrogen) atoms. The number of aromatic nitrogens is 2. The van der Waals surface area contributed by atoms with Gasteiger partial charge in [0.25, 0.3) is 5.91 Å². The Morgan fingerprint density at radius 3 is 2.22 bits per heavy atom. The molecular formula is C21H29N3O3. The van der Waals surface area contributed by atoms with Gasteiger partial charge in [-0.1, -0.05) is 20.8 Å². The van der Waals surface area contributed by atoms with Gasteiger partial charge in [-0.2, -0.15) is 5.10 Å². The van der Waals surface area contributed by atoms with Crippen LogP contribution in [0.4, 0.5) is 0 Å². The number of aryl methyl sites for hydroxylation is 1. The molecule has 0 spiro atoms. The van der Waals surface area contributed by atoms with Crippen molar-refractivity contribution in [3.8, 4) is 5.69 Å². The number of nitrogens with one attached hydrogen (secondary N) is 1. The van der Waals surface area contributed by atoms with Crippen molar-refractivity contribution in [2.24, 2.45) is 5.41 Å². The van der Waals surface area contributed by atoms with E-state index >= 15 is 0 Å². The zero-order valence-electron chi connectivity index (χ0n) is 17.0. The summed E-state index contributed by atoms with van der Waals surface area (Å²) in [4.78, 5) is 24.3. The van der Waals surface area contributed by atoms with Crippen molar-refractivity contribution in [3.63, 3.8) is 0 Å². The number of hydrogen-bond acceptors (Lipinski definition) is 4. The summed E-state index contributed by atoms with van der Waals surface area (Å²) in [6, 6.07) is 8.83. The van der Waals surface area contributed by atoms with Crippen LogP contribution in [-0.2, 0) is 9.53 Å². The van der Waals surface area contributed by atoms with E-state index in [9.17, 15) is 9.59 Å². The van der Waals surface area contributed by atoms with E-state index in [-0.39, 0.29) is 23.5 Å². The summed E-state index contributed by atoms with van der Waals surface area (Å²) < 4.78 is 6.92. The number of esters is 1. The molecule has 0 atom stereocenters. The first-order chi connectivity index (χ1) is 12.5. The lowest BCUT2D eigenvalue weighted by Crippen LogP contribution is -2.47. The normalized spacial score (nSPS) is 11.9. The van der Waals surface area contributed by atoms with Crippen LogP contribution >= 0.6 is 0 Å². The second-order valence-corrected chi connectivity index (χ2v) is 8.68. The molecule has 1 heterocycles. The fraction of sp³-hybridized carbons (Fsp3) is 0.476. The second kappa shape index (κ2) is 7.94. The number of carbonyl (C=O) groups excluding carboxylic acids is 2. The molecule has 1 aromatic heterocycles. The van der Waals surface area contributed by atoms with E-state index in [4.69, 9.17) is 4.74 Å². The molecule has 0 bridgehead atoms. The largest absolute Gasteiger partial charge is 0.452 e. The Balaban J connectivity index is 1.90. The minimum atomic E-state index is -0.525. The number of hydrogen-bond donors (Lipinski definition) is 1. The number of amides is 1. The standard InChI is InChI=1S/C21H29N3O3/c1-15-11-12-22-24(15)17-9-7-16(8-10-17)19(26)27-13-18(25)23-21(5,6)14-20(2,3)4/h7-12H,13-14H2,1-6H3,(H,23,25). The summed E-state index contributed by atoms with van der Waals surface area (Å²) in [6.07, 6.45) is 2.53. The molecule has 1 amide bonds. The molecule has 6 heteroatoms. The highest BCUT2D eigenvalue weighted by molar-refractivity contribution is 5.91. The van der Waals surface area contributed by atoms with Gasteiger partial charge in [0.1, 0.15) is 0 Å². The quantitative estimate of drug-likeness (QED) is 0.787. The first-order valence-corrected chi connectivity index (χ1v) is 9.06. The highest BCUT2D eigenvalue weighted by Gasteiger charge is 2.27. The van der Waals surface area contributed by atoms with E-state index in [1.54, 1.807) is 35.1 Å². The van der Waals surface area contributed by atoms with Gasteiger partial charge in [0, 0.05) is 17.4 Å². The van der Waals surface area contributed by atoms with Gasteiger partial charge in [0.2, 0.25) is 0 Å². The first-order valence-electron chi connectivity index (χ1n) is 9.06. The number of ether oxygens (including phenoxy) is 1. The molecule has 1 aromatic carbocycles. The van der Waals surface area contributed by atoms with Gasteiger partial charge >= 0.3 is 5.97 Å². The topological polar surface area (TPSA) is 73.2 Å². The van der Waals surface area contributed by atoms with Gasteiger partial charge in [-0.3, -0.25) is 4.79 Å². The molecule has 0 saturated heterocycles. The van der Waals surface area contributed by atoms with Gasteiger partial charge in [-0.15, -0.1) is 0 Å². The molecule has 0 radical (unpaired) electrons. The van der Waals surface area contributed by atoms with Crippen molar-refractivity contribution in [2.75, 3.05) is 6.61 Å². The summed E-state index contributed by atoms with van der Waals surface area (Å²) >= 11 is 0. The molecular weight excluding hydrogens is 342 g/mol. The molecule has 0 aliphatic rings. The maximum atomic E-state index is 12.2.